The highest BCUT2D eigenvalue weighted by Gasteiger charge is 2.21. The van der Waals surface area contributed by atoms with Gasteiger partial charge in [-0.2, -0.15) is 0 Å². The van der Waals surface area contributed by atoms with E-state index in [1.807, 2.05) is 24.3 Å². The molecule has 4 heteroatoms. The molecule has 1 rings (SSSR count). The van der Waals surface area contributed by atoms with E-state index < -0.39 is 5.54 Å². The fourth-order valence-electron chi connectivity index (χ4n) is 1.04. The molecule has 3 N–H and O–H groups in total. The van der Waals surface area contributed by atoms with E-state index in [-0.39, 0.29) is 13.2 Å². The highest BCUT2D eigenvalue weighted by atomic mass is 79.9. The van der Waals surface area contributed by atoms with Crippen LogP contribution in [-0.4, -0.2) is 29.0 Å². The van der Waals surface area contributed by atoms with Crippen molar-refractivity contribution in [2.45, 2.75) is 12.5 Å². The first-order valence-electron chi connectivity index (χ1n) is 4.35. The van der Waals surface area contributed by atoms with Crippen LogP contribution in [0.15, 0.2) is 28.7 Å². The van der Waals surface area contributed by atoms with Gasteiger partial charge in [0.25, 0.3) is 0 Å². The van der Waals surface area contributed by atoms with E-state index in [4.69, 9.17) is 10.2 Å². The molecule has 0 spiro atoms. The number of aliphatic hydroxyl groups excluding tert-OH is 2. The molecule has 1 aromatic carbocycles. The molecule has 0 saturated heterocycles. The second-order valence-corrected chi connectivity index (χ2v) is 4.43. The number of nitrogens with one attached hydrogen (secondary N) is 1. The van der Waals surface area contributed by atoms with Crippen molar-refractivity contribution in [2.75, 3.05) is 18.5 Å². The van der Waals surface area contributed by atoms with Crippen LogP contribution in [0.3, 0.4) is 0 Å². The van der Waals surface area contributed by atoms with Gasteiger partial charge in [-0.3, -0.25) is 0 Å². The van der Waals surface area contributed by atoms with Gasteiger partial charge in [0.1, 0.15) is 0 Å². The van der Waals surface area contributed by atoms with Crippen molar-refractivity contribution < 1.29 is 10.2 Å². The molecule has 0 unspecified atom stereocenters. The largest absolute Gasteiger partial charge is 0.394 e. The SMILES string of the molecule is CC(CO)(CO)Nc1cccc(Br)c1. The third kappa shape index (κ3) is 2.97. The maximum Gasteiger partial charge on any atom is 0.0806 e. The standard InChI is InChI=1S/C10H14BrNO2/c1-10(6-13,7-14)12-9-4-2-3-8(11)5-9/h2-5,12-14H,6-7H2,1H3. The van der Waals surface area contributed by atoms with Crippen LogP contribution in [0.1, 0.15) is 6.92 Å². The summed E-state index contributed by atoms with van der Waals surface area (Å²) in [6, 6.07) is 7.58. The number of hydrogen-bond acceptors (Lipinski definition) is 3. The highest BCUT2D eigenvalue weighted by Crippen LogP contribution is 2.19. The van der Waals surface area contributed by atoms with E-state index in [1.165, 1.54) is 0 Å². The number of halogens is 1. The van der Waals surface area contributed by atoms with Gasteiger partial charge >= 0.3 is 0 Å². The topological polar surface area (TPSA) is 52.5 Å². The number of rotatable bonds is 4. The van der Waals surface area contributed by atoms with Crippen LogP contribution in [0.2, 0.25) is 0 Å². The van der Waals surface area contributed by atoms with Gasteiger partial charge < -0.3 is 15.5 Å². The molecule has 3 nitrogen and oxygen atoms in total. The summed E-state index contributed by atoms with van der Waals surface area (Å²) >= 11 is 3.35. The molecule has 0 atom stereocenters. The number of aliphatic hydroxyl groups is 2. The third-order valence-corrected chi connectivity index (χ3v) is 2.46. The lowest BCUT2D eigenvalue weighted by atomic mass is 10.1. The van der Waals surface area contributed by atoms with Crippen molar-refractivity contribution in [2.24, 2.45) is 0 Å². The minimum absolute atomic E-state index is 0.115. The summed E-state index contributed by atoms with van der Waals surface area (Å²) in [5, 5.41) is 21.2. The predicted molar refractivity (Wildman–Crippen MR) is 60.3 cm³/mol. The van der Waals surface area contributed by atoms with Crippen molar-refractivity contribution in [3.8, 4) is 0 Å². The zero-order chi connectivity index (χ0) is 10.6. The zero-order valence-electron chi connectivity index (χ0n) is 8.00. The Labute approximate surface area is 91.9 Å². The molecule has 0 heterocycles. The fraction of sp³-hybridized carbons (Fsp3) is 0.400. The normalized spacial score (nSPS) is 11.4. The van der Waals surface area contributed by atoms with Gasteiger partial charge in [-0.25, -0.2) is 0 Å². The van der Waals surface area contributed by atoms with E-state index >= 15 is 0 Å². The Balaban J connectivity index is 2.77. The number of hydrogen-bond donors (Lipinski definition) is 3. The first-order chi connectivity index (χ1) is 6.59. The second-order valence-electron chi connectivity index (χ2n) is 3.51. The van der Waals surface area contributed by atoms with Crippen molar-refractivity contribution in [1.29, 1.82) is 0 Å². The van der Waals surface area contributed by atoms with Crippen LogP contribution in [0.5, 0.6) is 0 Å². The molecule has 0 saturated carbocycles. The first-order valence-corrected chi connectivity index (χ1v) is 5.14. The third-order valence-electron chi connectivity index (χ3n) is 1.97. The molecule has 0 aliphatic heterocycles. The summed E-state index contributed by atoms with van der Waals surface area (Å²) in [5.74, 6) is 0. The van der Waals surface area contributed by atoms with Gasteiger partial charge in [-0.05, 0) is 25.1 Å². The molecular weight excluding hydrogens is 246 g/mol. The Bertz CT molecular complexity index is 300. The quantitative estimate of drug-likeness (QED) is 0.770. The number of anilines is 1. The monoisotopic (exact) mass is 259 g/mol. The highest BCUT2D eigenvalue weighted by molar-refractivity contribution is 9.10. The molecule has 14 heavy (non-hydrogen) atoms. The minimum Gasteiger partial charge on any atom is -0.394 e. The Kier molecular flexibility index (Phi) is 3.92. The lowest BCUT2D eigenvalue weighted by Crippen LogP contribution is -2.42. The summed E-state index contributed by atoms with van der Waals surface area (Å²) in [6.07, 6.45) is 0. The first kappa shape index (κ1) is 11.5. The molecule has 0 amide bonds. The summed E-state index contributed by atoms with van der Waals surface area (Å²) < 4.78 is 0.959. The lowest BCUT2D eigenvalue weighted by molar-refractivity contribution is 0.147. The summed E-state index contributed by atoms with van der Waals surface area (Å²) in [5.41, 5.74) is 0.186. The molecule has 0 bridgehead atoms. The van der Waals surface area contributed by atoms with Crippen LogP contribution in [0.25, 0.3) is 0 Å². The van der Waals surface area contributed by atoms with Gasteiger partial charge in [-0.15, -0.1) is 0 Å². The van der Waals surface area contributed by atoms with E-state index in [1.54, 1.807) is 6.92 Å². The van der Waals surface area contributed by atoms with Crippen LogP contribution in [0, 0.1) is 0 Å². The van der Waals surface area contributed by atoms with Crippen molar-refractivity contribution in [3.63, 3.8) is 0 Å². The maximum absolute atomic E-state index is 9.08. The van der Waals surface area contributed by atoms with Crippen LogP contribution >= 0.6 is 15.9 Å². The van der Waals surface area contributed by atoms with E-state index in [0.717, 1.165) is 10.2 Å². The summed E-state index contributed by atoms with van der Waals surface area (Å²) in [4.78, 5) is 0. The average Bonchev–Trinajstić information content (AvgIpc) is 2.18. The predicted octanol–water partition coefficient (Wildman–Crippen LogP) is 1.60. The molecule has 0 aromatic heterocycles. The van der Waals surface area contributed by atoms with Crippen LogP contribution < -0.4 is 5.32 Å². The Hall–Kier alpha value is -0.580. The van der Waals surface area contributed by atoms with E-state index in [0.29, 0.717) is 0 Å². The molecular formula is C10H14BrNO2. The molecule has 0 aliphatic rings. The summed E-state index contributed by atoms with van der Waals surface area (Å²) in [7, 11) is 0. The van der Waals surface area contributed by atoms with E-state index in [9.17, 15) is 0 Å². The smallest absolute Gasteiger partial charge is 0.0806 e. The van der Waals surface area contributed by atoms with Crippen LogP contribution in [0.4, 0.5) is 5.69 Å². The minimum atomic E-state index is -0.680. The maximum atomic E-state index is 9.08. The molecule has 78 valence electrons. The number of benzene rings is 1. The molecule has 0 radical (unpaired) electrons. The molecule has 0 aliphatic carbocycles. The Morgan fingerprint density at radius 3 is 2.50 bits per heavy atom. The van der Waals surface area contributed by atoms with Gasteiger partial charge in [0.2, 0.25) is 0 Å². The molecule has 0 fully saturated rings. The lowest BCUT2D eigenvalue weighted by Gasteiger charge is -2.27. The fourth-order valence-corrected chi connectivity index (χ4v) is 1.44. The summed E-state index contributed by atoms with van der Waals surface area (Å²) in [6.45, 7) is 1.53. The van der Waals surface area contributed by atoms with Crippen molar-refractivity contribution in [3.05, 3.63) is 28.7 Å². The van der Waals surface area contributed by atoms with Crippen LogP contribution in [-0.2, 0) is 0 Å². The average molecular weight is 260 g/mol. The second kappa shape index (κ2) is 4.77. The molecule has 1 aromatic rings. The zero-order valence-corrected chi connectivity index (χ0v) is 9.58. The van der Waals surface area contributed by atoms with E-state index in [2.05, 4.69) is 21.2 Å². The van der Waals surface area contributed by atoms with Gasteiger partial charge in [0.05, 0.1) is 18.8 Å². The Morgan fingerprint density at radius 2 is 2.00 bits per heavy atom. The van der Waals surface area contributed by atoms with Gasteiger partial charge in [-0.1, -0.05) is 22.0 Å². The van der Waals surface area contributed by atoms with Gasteiger partial charge in [0, 0.05) is 10.2 Å². The van der Waals surface area contributed by atoms with Gasteiger partial charge in [0.15, 0.2) is 0 Å². The van der Waals surface area contributed by atoms with Crippen molar-refractivity contribution >= 4 is 21.6 Å². The van der Waals surface area contributed by atoms with Crippen molar-refractivity contribution in [1.82, 2.24) is 0 Å². The Morgan fingerprint density at radius 1 is 1.36 bits per heavy atom.